The number of nitrogens with one attached hydrogen (secondary N) is 1. The summed E-state index contributed by atoms with van der Waals surface area (Å²) in [4.78, 5) is 28.2. The Kier molecular flexibility index (Phi) is 5.76. The number of nitrogens with zero attached hydrogens (tertiary/aromatic N) is 2. The molecule has 1 unspecified atom stereocenters. The van der Waals surface area contributed by atoms with Crippen molar-refractivity contribution >= 4 is 12.1 Å². The second-order valence-electron chi connectivity index (χ2n) is 7.68. The topological polar surface area (TPSA) is 61.9 Å². The van der Waals surface area contributed by atoms with Gasteiger partial charge < -0.3 is 15.0 Å². The van der Waals surface area contributed by atoms with Gasteiger partial charge in [0.15, 0.2) is 0 Å². The minimum Gasteiger partial charge on any atom is -0.444 e. The molecule has 1 heterocycles. The van der Waals surface area contributed by atoms with Crippen LogP contribution in [0.3, 0.4) is 0 Å². The van der Waals surface area contributed by atoms with E-state index >= 15 is 0 Å². The summed E-state index contributed by atoms with van der Waals surface area (Å²) >= 11 is 0. The van der Waals surface area contributed by atoms with Gasteiger partial charge in [-0.2, -0.15) is 0 Å². The number of ether oxygens (including phenoxy) is 1. The predicted molar refractivity (Wildman–Crippen MR) is 89.1 cm³/mol. The van der Waals surface area contributed by atoms with E-state index in [0.29, 0.717) is 12.6 Å². The molecule has 1 saturated heterocycles. The number of carbonyl (C=O) groups excluding carboxylic acids is 2. The second kappa shape index (κ2) is 7.41. The first-order valence-electron chi connectivity index (χ1n) is 8.81. The average Bonchev–Trinajstić information content (AvgIpc) is 2.94. The van der Waals surface area contributed by atoms with Gasteiger partial charge in [-0.25, -0.2) is 9.59 Å². The summed E-state index contributed by atoms with van der Waals surface area (Å²) in [6, 6.07) is 0.234. The lowest BCUT2D eigenvalue weighted by Crippen LogP contribution is -2.53. The summed E-state index contributed by atoms with van der Waals surface area (Å²) in [6.45, 7) is 6.19. The third kappa shape index (κ3) is 5.01. The lowest BCUT2D eigenvalue weighted by molar-refractivity contribution is 0.0205. The number of carbonyl (C=O) groups is 2. The molecule has 0 aromatic heterocycles. The molecule has 0 aromatic rings. The Labute approximate surface area is 139 Å². The van der Waals surface area contributed by atoms with Gasteiger partial charge in [0.2, 0.25) is 0 Å². The van der Waals surface area contributed by atoms with E-state index in [-0.39, 0.29) is 18.3 Å². The Balaban J connectivity index is 1.89. The van der Waals surface area contributed by atoms with E-state index in [4.69, 9.17) is 4.74 Å². The molecule has 1 N–H and O–H groups in total. The van der Waals surface area contributed by atoms with E-state index in [1.54, 1.807) is 4.90 Å². The van der Waals surface area contributed by atoms with Crippen molar-refractivity contribution in [2.75, 3.05) is 13.6 Å². The molecule has 1 aliphatic heterocycles. The summed E-state index contributed by atoms with van der Waals surface area (Å²) < 4.78 is 5.43. The Hall–Kier alpha value is -1.46. The fourth-order valence-corrected chi connectivity index (χ4v) is 3.33. The third-order valence-corrected chi connectivity index (χ3v) is 4.61. The lowest BCUT2D eigenvalue weighted by atomic mass is 9.95. The van der Waals surface area contributed by atoms with Gasteiger partial charge in [0.05, 0.1) is 0 Å². The molecule has 23 heavy (non-hydrogen) atoms. The Bertz CT molecular complexity index is 427. The largest absolute Gasteiger partial charge is 0.444 e. The Morgan fingerprint density at radius 1 is 1.09 bits per heavy atom. The second-order valence-corrected chi connectivity index (χ2v) is 7.68. The van der Waals surface area contributed by atoms with Gasteiger partial charge in [-0.05, 0) is 46.5 Å². The minimum atomic E-state index is -0.521. The molecule has 2 fully saturated rings. The number of hydrogen-bond donors (Lipinski definition) is 1. The van der Waals surface area contributed by atoms with Crippen molar-refractivity contribution in [3.8, 4) is 0 Å². The third-order valence-electron chi connectivity index (χ3n) is 4.61. The van der Waals surface area contributed by atoms with Gasteiger partial charge in [-0.1, -0.05) is 19.3 Å². The van der Waals surface area contributed by atoms with Crippen molar-refractivity contribution < 1.29 is 14.3 Å². The molecule has 6 heteroatoms. The van der Waals surface area contributed by atoms with Crippen LogP contribution in [0.15, 0.2) is 0 Å². The van der Waals surface area contributed by atoms with E-state index in [2.05, 4.69) is 5.32 Å². The summed E-state index contributed by atoms with van der Waals surface area (Å²) in [7, 11) is 1.86. The fraction of sp³-hybridized carbons (Fsp3) is 0.882. The molecule has 1 aliphatic carbocycles. The van der Waals surface area contributed by atoms with Gasteiger partial charge in [0.25, 0.3) is 0 Å². The van der Waals surface area contributed by atoms with Crippen LogP contribution in [0.4, 0.5) is 9.59 Å². The first-order chi connectivity index (χ1) is 10.8. The van der Waals surface area contributed by atoms with E-state index < -0.39 is 5.60 Å². The number of likely N-dealkylation sites (tertiary alicyclic amines) is 1. The van der Waals surface area contributed by atoms with Crippen molar-refractivity contribution in [2.24, 2.45) is 0 Å². The van der Waals surface area contributed by atoms with Gasteiger partial charge in [0.1, 0.15) is 11.8 Å². The van der Waals surface area contributed by atoms with Crippen LogP contribution in [0.1, 0.15) is 65.7 Å². The molecule has 2 rings (SSSR count). The molecular formula is C17H31N3O3. The quantitative estimate of drug-likeness (QED) is 0.847. The molecule has 1 atom stereocenters. The normalized spacial score (nSPS) is 22.8. The highest BCUT2D eigenvalue weighted by atomic mass is 16.6. The molecule has 0 aromatic carbocycles. The summed E-state index contributed by atoms with van der Waals surface area (Å²) in [6.07, 6.45) is 6.85. The van der Waals surface area contributed by atoms with Crippen LogP contribution < -0.4 is 5.32 Å². The molecule has 0 bridgehead atoms. The van der Waals surface area contributed by atoms with Crippen molar-refractivity contribution in [1.29, 1.82) is 0 Å². The SMILES string of the molecule is CN(C(=O)NC1CCCN1C(=O)OC(C)(C)C)C1CCCCC1. The van der Waals surface area contributed by atoms with Crippen molar-refractivity contribution in [3.63, 3.8) is 0 Å². The van der Waals surface area contributed by atoms with Gasteiger partial charge in [-0.3, -0.25) is 4.90 Å². The van der Waals surface area contributed by atoms with Crippen LogP contribution in [-0.2, 0) is 4.74 Å². The van der Waals surface area contributed by atoms with Crippen LogP contribution in [0.5, 0.6) is 0 Å². The molecule has 0 radical (unpaired) electrons. The molecule has 2 aliphatic rings. The zero-order valence-electron chi connectivity index (χ0n) is 14.9. The van der Waals surface area contributed by atoms with Crippen molar-refractivity contribution in [2.45, 2.75) is 83.5 Å². The van der Waals surface area contributed by atoms with Crippen LogP contribution in [0.25, 0.3) is 0 Å². The maximum atomic E-state index is 12.5. The Morgan fingerprint density at radius 2 is 1.74 bits per heavy atom. The Morgan fingerprint density at radius 3 is 2.35 bits per heavy atom. The highest BCUT2D eigenvalue weighted by Gasteiger charge is 2.34. The summed E-state index contributed by atoms with van der Waals surface area (Å²) in [5.41, 5.74) is -0.521. The van der Waals surface area contributed by atoms with Crippen LogP contribution in [-0.4, -0.2) is 53.3 Å². The zero-order chi connectivity index (χ0) is 17.0. The maximum absolute atomic E-state index is 12.5. The first kappa shape index (κ1) is 17.9. The van der Waals surface area contributed by atoms with Crippen molar-refractivity contribution in [3.05, 3.63) is 0 Å². The standard InChI is InChI=1S/C17H31N3O3/c1-17(2,3)23-16(22)20-12-8-11-14(20)18-15(21)19(4)13-9-6-5-7-10-13/h13-14H,5-12H2,1-4H3,(H,18,21). The molecule has 6 nitrogen and oxygen atoms in total. The maximum Gasteiger partial charge on any atom is 0.411 e. The van der Waals surface area contributed by atoms with Crippen LogP contribution in [0, 0.1) is 0 Å². The smallest absolute Gasteiger partial charge is 0.411 e. The summed E-state index contributed by atoms with van der Waals surface area (Å²) in [5.74, 6) is 0. The minimum absolute atomic E-state index is 0.0858. The number of amides is 3. The molecule has 0 spiro atoms. The molecule has 3 amide bonds. The van der Waals surface area contributed by atoms with E-state index in [9.17, 15) is 9.59 Å². The highest BCUT2D eigenvalue weighted by molar-refractivity contribution is 5.76. The number of urea groups is 1. The van der Waals surface area contributed by atoms with Gasteiger partial charge >= 0.3 is 12.1 Å². The average molecular weight is 325 g/mol. The first-order valence-corrected chi connectivity index (χ1v) is 8.81. The zero-order valence-corrected chi connectivity index (χ0v) is 14.9. The van der Waals surface area contributed by atoms with E-state index in [0.717, 1.165) is 25.7 Å². The molecular weight excluding hydrogens is 294 g/mol. The van der Waals surface area contributed by atoms with E-state index in [1.165, 1.54) is 19.3 Å². The molecule has 1 saturated carbocycles. The number of rotatable bonds is 2. The van der Waals surface area contributed by atoms with E-state index in [1.807, 2.05) is 32.7 Å². The van der Waals surface area contributed by atoms with Crippen LogP contribution in [0.2, 0.25) is 0 Å². The highest BCUT2D eigenvalue weighted by Crippen LogP contribution is 2.23. The van der Waals surface area contributed by atoms with Gasteiger partial charge in [-0.15, -0.1) is 0 Å². The van der Waals surface area contributed by atoms with Gasteiger partial charge in [0, 0.05) is 19.6 Å². The fourth-order valence-electron chi connectivity index (χ4n) is 3.33. The molecule has 132 valence electrons. The monoisotopic (exact) mass is 325 g/mol. The summed E-state index contributed by atoms with van der Waals surface area (Å²) in [5, 5.41) is 3.00. The number of hydrogen-bond acceptors (Lipinski definition) is 3. The predicted octanol–water partition coefficient (Wildman–Crippen LogP) is 3.32. The van der Waals surface area contributed by atoms with Crippen LogP contribution >= 0.6 is 0 Å². The lowest BCUT2D eigenvalue weighted by Gasteiger charge is -2.34. The van der Waals surface area contributed by atoms with Crippen molar-refractivity contribution in [1.82, 2.24) is 15.1 Å².